The summed E-state index contributed by atoms with van der Waals surface area (Å²) in [6.07, 6.45) is 1.48. The Labute approximate surface area is 79.8 Å². The van der Waals surface area contributed by atoms with Crippen LogP contribution >= 0.6 is 0 Å². The van der Waals surface area contributed by atoms with Crippen LogP contribution in [0, 0.1) is 6.92 Å². The average molecular weight is 192 g/mol. The number of urea groups is 1. The van der Waals surface area contributed by atoms with Crippen LogP contribution in [0.5, 0.6) is 0 Å². The molecule has 2 heterocycles. The van der Waals surface area contributed by atoms with Crippen molar-refractivity contribution in [3.8, 4) is 0 Å². The Kier molecular flexibility index (Phi) is 1.85. The SMILES string of the molecule is Cc1ccc(/C=C2/NC(=O)NC2=O)o1. The maximum absolute atomic E-state index is 11.1. The maximum Gasteiger partial charge on any atom is 0.326 e. The molecule has 1 aromatic heterocycles. The molecule has 3 amide bonds. The molecule has 1 saturated heterocycles. The van der Waals surface area contributed by atoms with E-state index in [1.165, 1.54) is 6.08 Å². The van der Waals surface area contributed by atoms with Crippen LogP contribution in [0.15, 0.2) is 22.2 Å². The highest BCUT2D eigenvalue weighted by atomic mass is 16.3. The van der Waals surface area contributed by atoms with Gasteiger partial charge in [0.05, 0.1) is 0 Å². The molecule has 0 aliphatic carbocycles. The molecule has 0 spiro atoms. The third-order valence-corrected chi connectivity index (χ3v) is 1.77. The van der Waals surface area contributed by atoms with Gasteiger partial charge in [-0.1, -0.05) is 0 Å². The van der Waals surface area contributed by atoms with Gasteiger partial charge in [0.2, 0.25) is 0 Å². The second kappa shape index (κ2) is 3.02. The first-order chi connectivity index (χ1) is 6.65. The minimum absolute atomic E-state index is 0.198. The van der Waals surface area contributed by atoms with Gasteiger partial charge in [0.1, 0.15) is 17.2 Å². The highest BCUT2D eigenvalue weighted by Gasteiger charge is 2.22. The Morgan fingerprint density at radius 2 is 2.07 bits per heavy atom. The molecule has 2 rings (SSSR count). The van der Waals surface area contributed by atoms with Crippen molar-refractivity contribution in [3.63, 3.8) is 0 Å². The number of furan rings is 1. The van der Waals surface area contributed by atoms with Crippen molar-refractivity contribution in [1.29, 1.82) is 0 Å². The van der Waals surface area contributed by atoms with Crippen molar-refractivity contribution in [2.75, 3.05) is 0 Å². The Bertz CT molecular complexity index is 431. The summed E-state index contributed by atoms with van der Waals surface area (Å²) in [6.45, 7) is 1.80. The highest BCUT2D eigenvalue weighted by molar-refractivity contribution is 6.13. The van der Waals surface area contributed by atoms with E-state index in [0.29, 0.717) is 5.76 Å². The fourth-order valence-corrected chi connectivity index (χ4v) is 1.16. The number of imide groups is 1. The molecule has 0 radical (unpaired) electrons. The smallest absolute Gasteiger partial charge is 0.326 e. The van der Waals surface area contributed by atoms with Crippen LogP contribution in [-0.2, 0) is 4.79 Å². The monoisotopic (exact) mass is 192 g/mol. The molecule has 0 unspecified atom stereocenters. The van der Waals surface area contributed by atoms with E-state index in [1.807, 2.05) is 0 Å². The lowest BCUT2D eigenvalue weighted by Gasteiger charge is -1.90. The second-order valence-corrected chi connectivity index (χ2v) is 2.91. The van der Waals surface area contributed by atoms with Crippen molar-refractivity contribution < 1.29 is 14.0 Å². The molecule has 14 heavy (non-hydrogen) atoms. The second-order valence-electron chi connectivity index (χ2n) is 2.91. The third-order valence-electron chi connectivity index (χ3n) is 1.77. The predicted octanol–water partition coefficient (Wildman–Crippen LogP) is 0.768. The Balaban J connectivity index is 2.27. The van der Waals surface area contributed by atoms with Crippen LogP contribution in [0.2, 0.25) is 0 Å². The molecular weight excluding hydrogens is 184 g/mol. The fraction of sp³-hybridized carbons (Fsp3) is 0.111. The number of hydrogen-bond donors (Lipinski definition) is 2. The average Bonchev–Trinajstić information content (AvgIpc) is 2.61. The summed E-state index contributed by atoms with van der Waals surface area (Å²) in [4.78, 5) is 21.8. The van der Waals surface area contributed by atoms with Gasteiger partial charge in [-0.05, 0) is 19.1 Å². The summed E-state index contributed by atoms with van der Waals surface area (Å²) < 4.78 is 5.22. The van der Waals surface area contributed by atoms with Gasteiger partial charge in [0.25, 0.3) is 5.91 Å². The lowest BCUT2D eigenvalue weighted by atomic mass is 10.3. The van der Waals surface area contributed by atoms with Gasteiger partial charge < -0.3 is 9.73 Å². The number of carbonyl (C=O) groups is 2. The summed E-state index contributed by atoms with van der Waals surface area (Å²) in [5, 5.41) is 4.46. The summed E-state index contributed by atoms with van der Waals surface area (Å²) in [5.74, 6) is 0.848. The molecular formula is C9H8N2O3. The molecule has 1 aromatic rings. The van der Waals surface area contributed by atoms with Crippen LogP contribution in [-0.4, -0.2) is 11.9 Å². The summed E-state index contributed by atoms with van der Waals surface area (Å²) >= 11 is 0. The van der Waals surface area contributed by atoms with E-state index in [9.17, 15) is 9.59 Å². The van der Waals surface area contributed by atoms with E-state index < -0.39 is 11.9 Å². The zero-order valence-electron chi connectivity index (χ0n) is 7.46. The van der Waals surface area contributed by atoms with Crippen LogP contribution in [0.3, 0.4) is 0 Å². The summed E-state index contributed by atoms with van der Waals surface area (Å²) in [6, 6.07) is 2.99. The van der Waals surface area contributed by atoms with E-state index in [-0.39, 0.29) is 5.70 Å². The van der Waals surface area contributed by atoms with E-state index in [1.54, 1.807) is 19.1 Å². The normalized spacial score (nSPS) is 18.5. The molecule has 1 aliphatic rings. The first-order valence-electron chi connectivity index (χ1n) is 4.05. The quantitative estimate of drug-likeness (QED) is 0.510. The number of amides is 3. The summed E-state index contributed by atoms with van der Waals surface area (Å²) in [7, 11) is 0. The first kappa shape index (κ1) is 8.55. The Hall–Kier alpha value is -2.04. The van der Waals surface area contributed by atoms with Crippen molar-refractivity contribution >= 4 is 18.0 Å². The maximum atomic E-state index is 11.1. The minimum atomic E-state index is -0.510. The largest absolute Gasteiger partial charge is 0.462 e. The molecule has 0 atom stereocenters. The van der Waals surface area contributed by atoms with E-state index in [4.69, 9.17) is 4.42 Å². The fourth-order valence-electron chi connectivity index (χ4n) is 1.16. The number of aryl methyl sites for hydroxylation is 1. The van der Waals surface area contributed by atoms with E-state index in [2.05, 4.69) is 10.6 Å². The standard InChI is InChI=1S/C9H8N2O3/c1-5-2-3-6(14-5)4-7-8(12)11-9(13)10-7/h2-4H,1H3,(H2,10,11,12,13)/b7-4+. The van der Waals surface area contributed by atoms with Crippen molar-refractivity contribution in [1.82, 2.24) is 10.6 Å². The Morgan fingerprint density at radius 3 is 2.57 bits per heavy atom. The van der Waals surface area contributed by atoms with Crippen LogP contribution < -0.4 is 10.6 Å². The third kappa shape index (κ3) is 1.52. The lowest BCUT2D eigenvalue weighted by Crippen LogP contribution is -2.22. The minimum Gasteiger partial charge on any atom is -0.462 e. The van der Waals surface area contributed by atoms with Gasteiger partial charge in [0.15, 0.2) is 0 Å². The van der Waals surface area contributed by atoms with E-state index in [0.717, 1.165) is 5.76 Å². The predicted molar refractivity (Wildman–Crippen MR) is 48.1 cm³/mol. The summed E-state index contributed by atoms with van der Waals surface area (Å²) in [5.41, 5.74) is 0.198. The molecule has 1 fully saturated rings. The van der Waals surface area contributed by atoms with Gasteiger partial charge in [-0.3, -0.25) is 10.1 Å². The van der Waals surface area contributed by atoms with Crippen LogP contribution in [0.4, 0.5) is 4.79 Å². The zero-order chi connectivity index (χ0) is 10.1. The molecule has 5 nitrogen and oxygen atoms in total. The molecule has 5 heteroatoms. The first-order valence-corrected chi connectivity index (χ1v) is 4.05. The van der Waals surface area contributed by atoms with Gasteiger partial charge in [-0.25, -0.2) is 4.79 Å². The van der Waals surface area contributed by atoms with Gasteiger partial charge in [-0.2, -0.15) is 0 Å². The van der Waals surface area contributed by atoms with Crippen molar-refractivity contribution in [2.45, 2.75) is 6.92 Å². The van der Waals surface area contributed by atoms with Crippen molar-refractivity contribution in [2.24, 2.45) is 0 Å². The molecule has 1 aliphatic heterocycles. The topological polar surface area (TPSA) is 71.3 Å². The van der Waals surface area contributed by atoms with Crippen molar-refractivity contribution in [3.05, 3.63) is 29.4 Å². The van der Waals surface area contributed by atoms with Gasteiger partial charge in [0, 0.05) is 6.08 Å². The van der Waals surface area contributed by atoms with Gasteiger partial charge >= 0.3 is 6.03 Å². The number of rotatable bonds is 1. The van der Waals surface area contributed by atoms with Gasteiger partial charge in [-0.15, -0.1) is 0 Å². The molecule has 2 N–H and O–H groups in total. The van der Waals surface area contributed by atoms with Crippen LogP contribution in [0.1, 0.15) is 11.5 Å². The molecule has 0 bridgehead atoms. The highest BCUT2D eigenvalue weighted by Crippen LogP contribution is 2.11. The number of hydrogen-bond acceptors (Lipinski definition) is 3. The number of carbonyl (C=O) groups excluding carboxylic acids is 2. The molecule has 0 saturated carbocycles. The Morgan fingerprint density at radius 1 is 1.29 bits per heavy atom. The number of nitrogens with one attached hydrogen (secondary N) is 2. The lowest BCUT2D eigenvalue weighted by molar-refractivity contribution is -0.115. The molecule has 72 valence electrons. The zero-order valence-corrected chi connectivity index (χ0v) is 7.46. The van der Waals surface area contributed by atoms with Crippen LogP contribution in [0.25, 0.3) is 6.08 Å². The molecule has 0 aromatic carbocycles. The van der Waals surface area contributed by atoms with E-state index >= 15 is 0 Å².